The van der Waals surface area contributed by atoms with Crippen LogP contribution >= 0.6 is 11.3 Å². The second kappa shape index (κ2) is 6.03. The van der Waals surface area contributed by atoms with Crippen molar-refractivity contribution in [3.8, 4) is 0 Å². The molecule has 2 aromatic rings. The number of likely N-dealkylation sites (N-methyl/N-ethyl adjacent to an activating group) is 1. The monoisotopic (exact) mass is 294 g/mol. The summed E-state index contributed by atoms with van der Waals surface area (Å²) < 4.78 is 0. The fourth-order valence-corrected chi connectivity index (χ4v) is 3.35. The number of fused-ring (bicyclic) bond motifs is 1. The Morgan fingerprint density at radius 2 is 2.05 bits per heavy atom. The van der Waals surface area contributed by atoms with Gasteiger partial charge in [0.1, 0.15) is 16.5 Å². The van der Waals surface area contributed by atoms with Crippen molar-refractivity contribution < 1.29 is 5.11 Å². The van der Waals surface area contributed by atoms with Gasteiger partial charge in [0.15, 0.2) is 0 Å². The topological polar surface area (TPSA) is 61.3 Å². The molecule has 110 valence electrons. The molecule has 0 fully saturated rings. The fourth-order valence-electron chi connectivity index (χ4n) is 2.30. The predicted molar refractivity (Wildman–Crippen MR) is 84.5 cm³/mol. The molecule has 2 heterocycles. The molecule has 5 nitrogen and oxygen atoms in total. The fraction of sp³-hybridized carbons (Fsp3) is 0.571. The van der Waals surface area contributed by atoms with Gasteiger partial charge in [-0.15, -0.1) is 11.3 Å². The van der Waals surface area contributed by atoms with Gasteiger partial charge in [0, 0.05) is 18.5 Å². The maximum absolute atomic E-state index is 9.42. The number of nitrogens with one attached hydrogen (secondary N) is 1. The van der Waals surface area contributed by atoms with Gasteiger partial charge in [-0.2, -0.15) is 0 Å². The molecule has 2 rings (SSSR count). The molecule has 2 aromatic heterocycles. The Morgan fingerprint density at radius 3 is 2.65 bits per heavy atom. The lowest BCUT2D eigenvalue weighted by atomic mass is 10.2. The van der Waals surface area contributed by atoms with Crippen LogP contribution in [0.4, 0.5) is 5.82 Å². The average Bonchev–Trinajstić information content (AvgIpc) is 2.63. The highest BCUT2D eigenvalue weighted by Crippen LogP contribution is 2.33. The molecule has 20 heavy (non-hydrogen) atoms. The number of rotatable bonds is 5. The number of hydrogen-bond donors (Lipinski definition) is 2. The lowest BCUT2D eigenvalue weighted by molar-refractivity contribution is 0.137. The van der Waals surface area contributed by atoms with E-state index in [1.807, 2.05) is 19.0 Å². The average molecular weight is 294 g/mol. The largest absolute Gasteiger partial charge is 0.392 e. The zero-order valence-electron chi connectivity index (χ0n) is 12.7. The zero-order valence-corrected chi connectivity index (χ0v) is 13.5. The Bertz CT molecular complexity index is 609. The highest BCUT2D eigenvalue weighted by atomic mass is 32.1. The smallest absolute Gasteiger partial charge is 0.146 e. The number of aliphatic hydroxyl groups excluding tert-OH is 1. The Hall–Kier alpha value is -1.24. The van der Waals surface area contributed by atoms with Crippen LogP contribution in [0.1, 0.15) is 23.2 Å². The van der Waals surface area contributed by atoms with Gasteiger partial charge < -0.3 is 10.4 Å². The number of thiophene rings is 1. The molecule has 0 spiro atoms. The van der Waals surface area contributed by atoms with E-state index in [1.54, 1.807) is 18.3 Å². The number of aromatic nitrogens is 2. The molecule has 0 saturated heterocycles. The SMILES string of the molecule is CNc1nc(CN(C)CC(C)O)nc2sc(C)c(C)c12. The summed E-state index contributed by atoms with van der Waals surface area (Å²) in [4.78, 5) is 13.6. The van der Waals surface area contributed by atoms with Gasteiger partial charge in [-0.05, 0) is 33.4 Å². The minimum Gasteiger partial charge on any atom is -0.392 e. The molecule has 0 saturated carbocycles. The summed E-state index contributed by atoms with van der Waals surface area (Å²) in [6, 6.07) is 0. The highest BCUT2D eigenvalue weighted by Gasteiger charge is 2.14. The molecule has 0 radical (unpaired) electrons. The van der Waals surface area contributed by atoms with Crippen LogP contribution in [0.5, 0.6) is 0 Å². The maximum atomic E-state index is 9.42. The number of anilines is 1. The van der Waals surface area contributed by atoms with Gasteiger partial charge in [0.05, 0.1) is 18.0 Å². The van der Waals surface area contributed by atoms with Crippen LogP contribution in [0.2, 0.25) is 0 Å². The first-order valence-electron chi connectivity index (χ1n) is 6.73. The first-order chi connectivity index (χ1) is 9.42. The molecule has 0 aliphatic rings. The molecule has 0 aromatic carbocycles. The number of aryl methyl sites for hydroxylation is 2. The summed E-state index contributed by atoms with van der Waals surface area (Å²) in [6.07, 6.45) is -0.348. The Balaban J connectivity index is 2.36. The number of aliphatic hydroxyl groups is 1. The second-order valence-electron chi connectivity index (χ2n) is 5.25. The molecular weight excluding hydrogens is 272 g/mol. The normalized spacial score (nSPS) is 13.2. The summed E-state index contributed by atoms with van der Waals surface area (Å²) in [5.41, 5.74) is 1.25. The Morgan fingerprint density at radius 1 is 1.35 bits per heavy atom. The van der Waals surface area contributed by atoms with Crippen LogP contribution in [-0.4, -0.2) is 46.7 Å². The van der Waals surface area contributed by atoms with E-state index in [9.17, 15) is 5.11 Å². The molecule has 6 heteroatoms. The van der Waals surface area contributed by atoms with E-state index in [0.29, 0.717) is 13.1 Å². The lowest BCUT2D eigenvalue weighted by Gasteiger charge is -2.17. The Labute approximate surface area is 123 Å². The highest BCUT2D eigenvalue weighted by molar-refractivity contribution is 7.18. The van der Waals surface area contributed by atoms with E-state index in [1.165, 1.54) is 10.4 Å². The Kier molecular flexibility index (Phi) is 4.57. The van der Waals surface area contributed by atoms with Crippen molar-refractivity contribution in [3.63, 3.8) is 0 Å². The van der Waals surface area contributed by atoms with Crippen molar-refractivity contribution in [3.05, 3.63) is 16.3 Å². The van der Waals surface area contributed by atoms with Crippen molar-refractivity contribution in [1.29, 1.82) is 0 Å². The third kappa shape index (κ3) is 3.08. The van der Waals surface area contributed by atoms with E-state index >= 15 is 0 Å². The van der Waals surface area contributed by atoms with Crippen LogP contribution in [0.15, 0.2) is 0 Å². The van der Waals surface area contributed by atoms with Crippen LogP contribution in [0.25, 0.3) is 10.2 Å². The van der Waals surface area contributed by atoms with E-state index in [0.717, 1.165) is 21.9 Å². The van der Waals surface area contributed by atoms with Crippen molar-refractivity contribution in [2.24, 2.45) is 0 Å². The quantitative estimate of drug-likeness (QED) is 0.885. The maximum Gasteiger partial charge on any atom is 0.146 e. The van der Waals surface area contributed by atoms with Gasteiger partial charge in [-0.3, -0.25) is 4.90 Å². The molecular formula is C14H22N4OS. The van der Waals surface area contributed by atoms with Gasteiger partial charge in [-0.1, -0.05) is 0 Å². The standard InChI is InChI=1S/C14H22N4OS/c1-8(19)6-18(5)7-11-16-13(15-4)12-9(2)10(3)20-14(12)17-11/h8,19H,6-7H2,1-5H3,(H,15,16,17). The third-order valence-electron chi connectivity index (χ3n) is 3.30. The van der Waals surface area contributed by atoms with Gasteiger partial charge in [0.25, 0.3) is 0 Å². The van der Waals surface area contributed by atoms with Crippen LogP contribution < -0.4 is 5.32 Å². The predicted octanol–water partition coefficient (Wildman–Crippen LogP) is 2.16. The molecule has 0 aliphatic heterocycles. The summed E-state index contributed by atoms with van der Waals surface area (Å²) in [5, 5.41) is 13.7. The van der Waals surface area contributed by atoms with Crippen molar-refractivity contribution in [2.45, 2.75) is 33.4 Å². The summed E-state index contributed by atoms with van der Waals surface area (Å²) in [6.45, 7) is 7.24. The number of nitrogens with zero attached hydrogens (tertiary/aromatic N) is 3. The van der Waals surface area contributed by atoms with E-state index < -0.39 is 0 Å². The molecule has 0 aliphatic carbocycles. The molecule has 1 atom stereocenters. The van der Waals surface area contributed by atoms with Crippen molar-refractivity contribution in [2.75, 3.05) is 26.0 Å². The summed E-state index contributed by atoms with van der Waals surface area (Å²) in [5.74, 6) is 1.67. The third-order valence-corrected chi connectivity index (χ3v) is 4.40. The van der Waals surface area contributed by atoms with E-state index in [-0.39, 0.29) is 6.10 Å². The van der Waals surface area contributed by atoms with Crippen LogP contribution in [0.3, 0.4) is 0 Å². The first-order valence-corrected chi connectivity index (χ1v) is 7.55. The summed E-state index contributed by atoms with van der Waals surface area (Å²) >= 11 is 1.70. The van der Waals surface area contributed by atoms with Crippen LogP contribution in [-0.2, 0) is 6.54 Å². The van der Waals surface area contributed by atoms with Crippen LogP contribution in [0, 0.1) is 13.8 Å². The van der Waals surface area contributed by atoms with E-state index in [4.69, 9.17) is 0 Å². The lowest BCUT2D eigenvalue weighted by Crippen LogP contribution is -2.27. The van der Waals surface area contributed by atoms with Gasteiger partial charge in [0.2, 0.25) is 0 Å². The zero-order chi connectivity index (χ0) is 14.9. The second-order valence-corrected chi connectivity index (χ2v) is 6.45. The minimum absolute atomic E-state index is 0.348. The van der Waals surface area contributed by atoms with Crippen molar-refractivity contribution in [1.82, 2.24) is 14.9 Å². The molecule has 1 unspecified atom stereocenters. The van der Waals surface area contributed by atoms with E-state index in [2.05, 4.69) is 29.1 Å². The molecule has 0 amide bonds. The summed E-state index contributed by atoms with van der Waals surface area (Å²) in [7, 11) is 3.85. The number of hydrogen-bond acceptors (Lipinski definition) is 6. The van der Waals surface area contributed by atoms with Gasteiger partial charge >= 0.3 is 0 Å². The first kappa shape index (κ1) is 15.2. The molecule has 2 N–H and O–H groups in total. The van der Waals surface area contributed by atoms with Crippen molar-refractivity contribution >= 4 is 27.4 Å². The van der Waals surface area contributed by atoms with Gasteiger partial charge in [-0.25, -0.2) is 9.97 Å². The molecule has 0 bridgehead atoms. The minimum atomic E-state index is -0.348.